The van der Waals surface area contributed by atoms with Crippen molar-refractivity contribution in [1.82, 2.24) is 0 Å². The highest BCUT2D eigenvalue weighted by Crippen LogP contribution is 2.35. The molecule has 4 heteroatoms. The molecule has 2 N–H and O–H groups in total. The van der Waals surface area contributed by atoms with Crippen LogP contribution in [-0.4, -0.2) is 23.8 Å². The molecule has 0 saturated carbocycles. The van der Waals surface area contributed by atoms with E-state index in [4.69, 9.17) is 18.0 Å². The number of thiocarbonyl (C=S) groups is 1. The molecule has 19 heavy (non-hydrogen) atoms. The number of hydrogen-bond donors (Lipinski definition) is 1. The van der Waals surface area contributed by atoms with E-state index >= 15 is 0 Å². The molecule has 1 fully saturated rings. The molecule has 1 aromatic rings. The molecule has 1 saturated heterocycles. The summed E-state index contributed by atoms with van der Waals surface area (Å²) < 4.78 is 0. The minimum atomic E-state index is 0.509. The molecule has 104 valence electrons. The average Bonchev–Trinajstić information content (AvgIpc) is 2.86. The van der Waals surface area contributed by atoms with Crippen LogP contribution in [0, 0.1) is 5.92 Å². The first-order chi connectivity index (χ1) is 9.06. The van der Waals surface area contributed by atoms with Crippen LogP contribution in [0.3, 0.4) is 0 Å². The summed E-state index contributed by atoms with van der Waals surface area (Å²) in [5.41, 5.74) is 8.24. The summed E-state index contributed by atoms with van der Waals surface area (Å²) >= 11 is 6.99. The fourth-order valence-corrected chi connectivity index (χ4v) is 3.87. The Morgan fingerprint density at radius 1 is 1.47 bits per heavy atom. The van der Waals surface area contributed by atoms with Crippen molar-refractivity contribution < 1.29 is 0 Å². The molecule has 1 aliphatic rings. The summed E-state index contributed by atoms with van der Waals surface area (Å²) in [6, 6.07) is 6.97. The van der Waals surface area contributed by atoms with E-state index in [1.807, 2.05) is 0 Å². The first kappa shape index (κ1) is 14.7. The lowest BCUT2D eigenvalue weighted by Gasteiger charge is -2.31. The zero-order valence-corrected chi connectivity index (χ0v) is 13.5. The number of nitrogens with zero attached hydrogens (tertiary/aromatic N) is 1. The van der Waals surface area contributed by atoms with Gasteiger partial charge in [0.2, 0.25) is 0 Å². The van der Waals surface area contributed by atoms with E-state index in [1.54, 1.807) is 11.8 Å². The molecule has 1 aromatic carbocycles. The van der Waals surface area contributed by atoms with Crippen molar-refractivity contribution in [2.24, 2.45) is 11.7 Å². The van der Waals surface area contributed by atoms with Crippen molar-refractivity contribution in [3.05, 3.63) is 23.8 Å². The van der Waals surface area contributed by atoms with Crippen molar-refractivity contribution in [3.8, 4) is 0 Å². The van der Waals surface area contributed by atoms with Crippen LogP contribution in [0.25, 0.3) is 0 Å². The summed E-state index contributed by atoms with van der Waals surface area (Å²) in [6.07, 6.45) is 4.59. The van der Waals surface area contributed by atoms with Crippen LogP contribution >= 0.6 is 24.0 Å². The molecule has 0 aromatic heterocycles. The lowest BCUT2D eigenvalue weighted by molar-refractivity contribution is 0.491. The van der Waals surface area contributed by atoms with Crippen LogP contribution in [0.5, 0.6) is 0 Å². The van der Waals surface area contributed by atoms with Crippen molar-refractivity contribution in [1.29, 1.82) is 0 Å². The Morgan fingerprint density at radius 3 is 2.79 bits per heavy atom. The third-order valence-corrected chi connectivity index (χ3v) is 4.83. The number of anilines is 1. The first-order valence-corrected chi connectivity index (χ1v) is 8.43. The third kappa shape index (κ3) is 2.90. The Kier molecular flexibility index (Phi) is 4.74. The van der Waals surface area contributed by atoms with Crippen LogP contribution < -0.4 is 10.6 Å². The molecule has 1 aliphatic heterocycles. The molecular weight excluding hydrogens is 272 g/mol. The molecule has 1 heterocycles. The highest BCUT2D eigenvalue weighted by Gasteiger charge is 2.29. The first-order valence-electron chi connectivity index (χ1n) is 6.79. The SMILES string of the molecule is CSc1cccc(N2CCCC2C(C)C)c1C(N)=S. The topological polar surface area (TPSA) is 29.3 Å². The van der Waals surface area contributed by atoms with E-state index in [-0.39, 0.29) is 0 Å². The second kappa shape index (κ2) is 6.14. The van der Waals surface area contributed by atoms with E-state index in [2.05, 4.69) is 43.2 Å². The summed E-state index contributed by atoms with van der Waals surface area (Å²) in [5, 5.41) is 0. The van der Waals surface area contributed by atoms with Gasteiger partial charge in [-0.2, -0.15) is 0 Å². The molecule has 1 unspecified atom stereocenters. The fourth-order valence-electron chi connectivity index (χ4n) is 2.96. The van der Waals surface area contributed by atoms with Crippen LogP contribution in [-0.2, 0) is 0 Å². The maximum Gasteiger partial charge on any atom is 0.107 e. The molecule has 1 atom stereocenters. The largest absolute Gasteiger partial charge is 0.389 e. The van der Waals surface area contributed by atoms with Crippen molar-refractivity contribution in [2.45, 2.75) is 37.6 Å². The van der Waals surface area contributed by atoms with E-state index in [0.717, 1.165) is 12.1 Å². The van der Waals surface area contributed by atoms with Crippen molar-refractivity contribution in [2.75, 3.05) is 17.7 Å². The number of benzene rings is 1. The Labute approximate surface area is 125 Å². The van der Waals surface area contributed by atoms with Gasteiger partial charge in [0.1, 0.15) is 4.99 Å². The summed E-state index contributed by atoms with van der Waals surface area (Å²) in [6.45, 7) is 5.69. The predicted octanol–water partition coefficient (Wildman–Crippen LogP) is 3.67. The maximum absolute atomic E-state index is 5.97. The third-order valence-electron chi connectivity index (χ3n) is 3.85. The van der Waals surface area contributed by atoms with Gasteiger partial charge >= 0.3 is 0 Å². The van der Waals surface area contributed by atoms with Gasteiger partial charge in [0.05, 0.1) is 0 Å². The van der Waals surface area contributed by atoms with Crippen LogP contribution in [0.15, 0.2) is 23.1 Å². The van der Waals surface area contributed by atoms with Gasteiger partial charge in [-0.3, -0.25) is 0 Å². The van der Waals surface area contributed by atoms with E-state index in [1.165, 1.54) is 23.4 Å². The minimum Gasteiger partial charge on any atom is -0.389 e. The van der Waals surface area contributed by atoms with Crippen LogP contribution in [0.4, 0.5) is 5.69 Å². The highest BCUT2D eigenvalue weighted by molar-refractivity contribution is 7.98. The molecule has 0 aliphatic carbocycles. The number of rotatable bonds is 4. The smallest absolute Gasteiger partial charge is 0.107 e. The van der Waals surface area contributed by atoms with Crippen LogP contribution in [0.1, 0.15) is 32.3 Å². The zero-order chi connectivity index (χ0) is 14.0. The second-order valence-electron chi connectivity index (χ2n) is 5.37. The van der Waals surface area contributed by atoms with Gasteiger partial charge in [-0.1, -0.05) is 32.1 Å². The summed E-state index contributed by atoms with van der Waals surface area (Å²) in [4.78, 5) is 4.19. The van der Waals surface area contributed by atoms with E-state index in [9.17, 15) is 0 Å². The Morgan fingerprint density at radius 2 is 2.21 bits per heavy atom. The van der Waals surface area contributed by atoms with E-state index in [0.29, 0.717) is 16.9 Å². The normalized spacial score (nSPS) is 19.2. The summed E-state index contributed by atoms with van der Waals surface area (Å²) in [5.74, 6) is 0.652. The van der Waals surface area contributed by atoms with Gasteiger partial charge < -0.3 is 10.6 Å². The van der Waals surface area contributed by atoms with Gasteiger partial charge in [-0.15, -0.1) is 11.8 Å². The van der Waals surface area contributed by atoms with E-state index < -0.39 is 0 Å². The quantitative estimate of drug-likeness (QED) is 0.678. The Hall–Kier alpha value is -0.740. The Balaban J connectivity index is 2.47. The van der Waals surface area contributed by atoms with Crippen molar-refractivity contribution >= 4 is 34.7 Å². The number of hydrogen-bond acceptors (Lipinski definition) is 3. The minimum absolute atomic E-state index is 0.509. The molecule has 2 nitrogen and oxygen atoms in total. The molecule has 0 bridgehead atoms. The predicted molar refractivity (Wildman–Crippen MR) is 89.3 cm³/mol. The fraction of sp³-hybridized carbons (Fsp3) is 0.533. The lowest BCUT2D eigenvalue weighted by Crippen LogP contribution is -2.35. The van der Waals surface area contributed by atoms with Gasteiger partial charge in [-0.05, 0) is 37.1 Å². The standard InChI is InChI=1S/C15H22N2S2/c1-10(2)11-7-5-9-17(11)12-6-4-8-13(19-3)14(12)15(16)18/h4,6,8,10-11H,5,7,9H2,1-3H3,(H2,16,18). The average molecular weight is 294 g/mol. The summed E-state index contributed by atoms with van der Waals surface area (Å²) in [7, 11) is 0. The van der Waals surface area contributed by atoms with Crippen molar-refractivity contribution in [3.63, 3.8) is 0 Å². The number of nitrogens with two attached hydrogens (primary N) is 1. The Bertz CT molecular complexity index is 471. The monoisotopic (exact) mass is 294 g/mol. The molecule has 0 amide bonds. The maximum atomic E-state index is 5.97. The molecule has 2 rings (SSSR count). The lowest BCUT2D eigenvalue weighted by atomic mass is 10.0. The molecule has 0 spiro atoms. The second-order valence-corrected chi connectivity index (χ2v) is 6.65. The van der Waals surface area contributed by atoms with Gasteiger partial charge in [0.25, 0.3) is 0 Å². The molecular formula is C15H22N2S2. The van der Waals surface area contributed by atoms with Gasteiger partial charge in [0.15, 0.2) is 0 Å². The molecule has 0 radical (unpaired) electrons. The highest BCUT2D eigenvalue weighted by atomic mass is 32.2. The van der Waals surface area contributed by atoms with Gasteiger partial charge in [0, 0.05) is 28.7 Å². The zero-order valence-electron chi connectivity index (χ0n) is 11.8. The number of thioether (sulfide) groups is 1. The van der Waals surface area contributed by atoms with Gasteiger partial charge in [-0.25, -0.2) is 0 Å². The van der Waals surface area contributed by atoms with Crippen LogP contribution in [0.2, 0.25) is 0 Å².